The average molecular weight is 551 g/mol. The first-order valence-corrected chi connectivity index (χ1v) is 11.9. The molecular weight excluding hydrogens is 537 g/mol. The van der Waals surface area contributed by atoms with E-state index in [0.717, 1.165) is 21.3 Å². The lowest BCUT2D eigenvalue weighted by atomic mass is 10.1. The second-order valence-corrected chi connectivity index (χ2v) is 9.98. The Hall–Kier alpha value is -1.83. The van der Waals surface area contributed by atoms with Crippen LogP contribution in [0.15, 0.2) is 76.1 Å². The van der Waals surface area contributed by atoms with Crippen molar-refractivity contribution in [1.82, 2.24) is 0 Å². The fourth-order valence-corrected chi connectivity index (χ4v) is 4.95. The Morgan fingerprint density at radius 3 is 2.55 bits per heavy atom. The number of hydrogen-bond donors (Lipinski definition) is 0. The molecule has 1 heterocycles. The fraction of sp³-hybridized carbons (Fsp3) is 0.0435. The van der Waals surface area contributed by atoms with Gasteiger partial charge in [-0.1, -0.05) is 87.4 Å². The number of carbonyl (C=O) groups excluding carboxylic acids is 1. The highest BCUT2D eigenvalue weighted by atomic mass is 79.9. The third-order valence-corrected chi connectivity index (χ3v) is 6.98. The Kier molecular flexibility index (Phi) is 7.04. The summed E-state index contributed by atoms with van der Waals surface area (Å²) in [6.07, 6.45) is 1.80. The van der Waals surface area contributed by atoms with Crippen LogP contribution in [-0.2, 0) is 11.4 Å². The first-order chi connectivity index (χ1) is 14.9. The van der Waals surface area contributed by atoms with Gasteiger partial charge in [-0.25, -0.2) is 0 Å². The third kappa shape index (κ3) is 5.16. The zero-order chi connectivity index (χ0) is 22.0. The minimum Gasteiger partial charge on any atom is -0.488 e. The maximum absolute atomic E-state index is 13.0. The minimum absolute atomic E-state index is 0.156. The summed E-state index contributed by atoms with van der Waals surface area (Å²) in [5.41, 5.74) is 2.40. The normalized spacial score (nSPS) is 15.1. The van der Waals surface area contributed by atoms with E-state index in [1.165, 1.54) is 11.8 Å². The summed E-state index contributed by atoms with van der Waals surface area (Å²) >= 11 is 22.3. The first kappa shape index (κ1) is 22.4. The lowest BCUT2D eigenvalue weighted by Gasteiger charge is -2.14. The molecule has 3 aromatic carbocycles. The SMILES string of the molecule is O=C1/C(=C\c2cc(Br)ccc2OCc2ccc(Cl)c(Cl)c2)SC(=S)N1c1ccccc1. The van der Waals surface area contributed by atoms with Crippen molar-refractivity contribution in [1.29, 1.82) is 0 Å². The molecule has 0 unspecified atom stereocenters. The van der Waals surface area contributed by atoms with Gasteiger partial charge in [0.1, 0.15) is 12.4 Å². The molecule has 0 aliphatic carbocycles. The number of carbonyl (C=O) groups is 1. The molecule has 4 rings (SSSR count). The third-order valence-electron chi connectivity index (χ3n) is 4.44. The first-order valence-electron chi connectivity index (χ1n) is 9.11. The molecule has 31 heavy (non-hydrogen) atoms. The van der Waals surface area contributed by atoms with Gasteiger partial charge >= 0.3 is 0 Å². The second-order valence-electron chi connectivity index (χ2n) is 6.57. The van der Waals surface area contributed by atoms with Gasteiger partial charge in [0.15, 0.2) is 4.32 Å². The van der Waals surface area contributed by atoms with Crippen molar-refractivity contribution in [2.24, 2.45) is 0 Å². The van der Waals surface area contributed by atoms with Gasteiger partial charge < -0.3 is 4.74 Å². The van der Waals surface area contributed by atoms with E-state index in [1.807, 2.05) is 54.6 Å². The molecule has 0 spiro atoms. The van der Waals surface area contributed by atoms with Crippen molar-refractivity contribution >= 4 is 85.1 Å². The number of para-hydroxylation sites is 1. The van der Waals surface area contributed by atoms with Crippen LogP contribution < -0.4 is 9.64 Å². The van der Waals surface area contributed by atoms with Crippen LogP contribution in [0.2, 0.25) is 10.0 Å². The van der Waals surface area contributed by atoms with Crippen LogP contribution in [0.5, 0.6) is 5.75 Å². The van der Waals surface area contributed by atoms with Gasteiger partial charge in [0.05, 0.1) is 20.6 Å². The van der Waals surface area contributed by atoms with E-state index in [4.69, 9.17) is 40.2 Å². The van der Waals surface area contributed by atoms with Crippen molar-refractivity contribution in [3.05, 3.63) is 97.3 Å². The van der Waals surface area contributed by atoms with E-state index in [0.29, 0.717) is 31.6 Å². The zero-order valence-electron chi connectivity index (χ0n) is 15.8. The quantitative estimate of drug-likeness (QED) is 0.240. The molecule has 1 saturated heterocycles. The van der Waals surface area contributed by atoms with Crippen LogP contribution in [0.4, 0.5) is 5.69 Å². The maximum atomic E-state index is 13.0. The van der Waals surface area contributed by atoms with Gasteiger partial charge in [-0.15, -0.1) is 0 Å². The Morgan fingerprint density at radius 2 is 1.81 bits per heavy atom. The van der Waals surface area contributed by atoms with Crippen LogP contribution >= 0.6 is 63.1 Å². The number of ether oxygens (including phenoxy) is 1. The van der Waals surface area contributed by atoms with Crippen molar-refractivity contribution in [3.63, 3.8) is 0 Å². The standard InChI is InChI=1S/C23H14BrCl2NO2S2/c24-16-7-9-20(29-13-14-6-8-18(25)19(26)10-14)15(11-16)12-21-22(28)27(23(30)31-21)17-4-2-1-3-5-17/h1-12H,13H2/b21-12+. The molecule has 1 amide bonds. The summed E-state index contributed by atoms with van der Waals surface area (Å²) in [7, 11) is 0. The molecule has 0 N–H and O–H groups in total. The summed E-state index contributed by atoms with van der Waals surface area (Å²) in [4.78, 5) is 15.1. The van der Waals surface area contributed by atoms with Gasteiger partial charge in [0, 0.05) is 10.0 Å². The monoisotopic (exact) mass is 549 g/mol. The Labute approximate surface area is 208 Å². The predicted molar refractivity (Wildman–Crippen MR) is 137 cm³/mol. The van der Waals surface area contributed by atoms with E-state index in [2.05, 4.69) is 15.9 Å². The number of thiocarbonyl (C=S) groups is 1. The molecule has 8 heteroatoms. The molecule has 0 radical (unpaired) electrons. The van der Waals surface area contributed by atoms with Crippen LogP contribution in [0.25, 0.3) is 6.08 Å². The van der Waals surface area contributed by atoms with E-state index in [1.54, 1.807) is 23.1 Å². The highest BCUT2D eigenvalue weighted by molar-refractivity contribution is 9.10. The molecule has 1 aliphatic rings. The molecule has 0 aromatic heterocycles. The lowest BCUT2D eigenvalue weighted by Crippen LogP contribution is -2.27. The number of amides is 1. The smallest absolute Gasteiger partial charge is 0.270 e. The number of nitrogens with zero attached hydrogens (tertiary/aromatic N) is 1. The van der Waals surface area contributed by atoms with Crippen molar-refractivity contribution in [2.45, 2.75) is 6.61 Å². The zero-order valence-corrected chi connectivity index (χ0v) is 20.6. The van der Waals surface area contributed by atoms with Crippen molar-refractivity contribution in [3.8, 4) is 5.75 Å². The molecule has 3 aromatic rings. The molecule has 1 fully saturated rings. The van der Waals surface area contributed by atoms with E-state index < -0.39 is 0 Å². The van der Waals surface area contributed by atoms with Gasteiger partial charge in [-0.3, -0.25) is 9.69 Å². The van der Waals surface area contributed by atoms with Crippen molar-refractivity contribution in [2.75, 3.05) is 4.90 Å². The van der Waals surface area contributed by atoms with Gasteiger partial charge in [0.2, 0.25) is 0 Å². The molecular formula is C23H14BrCl2NO2S2. The Morgan fingerprint density at radius 1 is 1.03 bits per heavy atom. The van der Waals surface area contributed by atoms with Crippen LogP contribution in [0, 0.1) is 0 Å². The highest BCUT2D eigenvalue weighted by Crippen LogP contribution is 2.37. The predicted octanol–water partition coefficient (Wildman–Crippen LogP) is 7.74. The number of anilines is 1. The number of hydrogen-bond acceptors (Lipinski definition) is 4. The molecule has 0 atom stereocenters. The fourth-order valence-electron chi connectivity index (χ4n) is 2.96. The lowest BCUT2D eigenvalue weighted by molar-refractivity contribution is -0.113. The second kappa shape index (κ2) is 9.76. The van der Waals surface area contributed by atoms with Crippen LogP contribution in [0.3, 0.4) is 0 Å². The average Bonchev–Trinajstić information content (AvgIpc) is 3.03. The van der Waals surface area contributed by atoms with Gasteiger partial charge in [0.25, 0.3) is 5.91 Å². The van der Waals surface area contributed by atoms with E-state index in [-0.39, 0.29) is 5.91 Å². The molecule has 1 aliphatic heterocycles. The maximum Gasteiger partial charge on any atom is 0.270 e. The topological polar surface area (TPSA) is 29.5 Å². The number of benzene rings is 3. The van der Waals surface area contributed by atoms with Crippen molar-refractivity contribution < 1.29 is 9.53 Å². The highest BCUT2D eigenvalue weighted by Gasteiger charge is 2.33. The Balaban J connectivity index is 1.60. The summed E-state index contributed by atoms with van der Waals surface area (Å²) in [5.74, 6) is 0.482. The molecule has 156 valence electrons. The Bertz CT molecular complexity index is 1200. The molecule has 0 bridgehead atoms. The summed E-state index contributed by atoms with van der Waals surface area (Å²) < 4.78 is 7.39. The van der Waals surface area contributed by atoms with Crippen LogP contribution in [0.1, 0.15) is 11.1 Å². The van der Waals surface area contributed by atoms with E-state index in [9.17, 15) is 4.79 Å². The number of halogens is 3. The van der Waals surface area contributed by atoms with E-state index >= 15 is 0 Å². The molecule has 3 nitrogen and oxygen atoms in total. The minimum atomic E-state index is -0.156. The van der Waals surface area contributed by atoms with Gasteiger partial charge in [-0.05, 0) is 54.1 Å². The summed E-state index contributed by atoms with van der Waals surface area (Å²) in [6.45, 7) is 0.310. The summed E-state index contributed by atoms with van der Waals surface area (Å²) in [5, 5.41) is 0.971. The largest absolute Gasteiger partial charge is 0.488 e. The summed E-state index contributed by atoms with van der Waals surface area (Å²) in [6, 6.07) is 20.4. The number of thioether (sulfide) groups is 1. The molecule has 0 saturated carbocycles. The van der Waals surface area contributed by atoms with Gasteiger partial charge in [-0.2, -0.15) is 0 Å². The van der Waals surface area contributed by atoms with Crippen LogP contribution in [-0.4, -0.2) is 10.2 Å². The number of rotatable bonds is 5.